The van der Waals surface area contributed by atoms with Crippen LogP contribution in [0.3, 0.4) is 0 Å². The van der Waals surface area contributed by atoms with Crippen molar-refractivity contribution < 1.29 is 50.1 Å². The monoisotopic (exact) mass is 616 g/mol. The van der Waals surface area contributed by atoms with Gasteiger partial charge in [-0.1, -0.05) is 12.1 Å². The third kappa shape index (κ3) is 7.39. The topological polar surface area (TPSA) is 77.4 Å². The highest BCUT2D eigenvalue weighted by atomic mass is 32.2. The molecule has 0 aliphatic carbocycles. The lowest BCUT2D eigenvalue weighted by molar-refractivity contribution is -0.149. The lowest BCUT2D eigenvalue weighted by atomic mass is 9.97. The molecule has 1 fully saturated rings. The Bertz CT molecular complexity index is 1400. The van der Waals surface area contributed by atoms with E-state index in [1.165, 1.54) is 31.0 Å². The largest absolute Gasteiger partial charge is 0.493 e. The fourth-order valence-corrected chi connectivity index (χ4v) is 5.41. The van der Waals surface area contributed by atoms with Gasteiger partial charge in [0.1, 0.15) is 6.61 Å². The van der Waals surface area contributed by atoms with Gasteiger partial charge in [-0.15, -0.1) is 0 Å². The minimum atomic E-state index is -5.02. The summed E-state index contributed by atoms with van der Waals surface area (Å²) in [4.78, 5) is 31.0. The van der Waals surface area contributed by atoms with Crippen molar-refractivity contribution >= 4 is 34.9 Å². The average Bonchev–Trinajstić information content (AvgIpc) is 3.31. The highest BCUT2D eigenvalue weighted by Crippen LogP contribution is 2.39. The van der Waals surface area contributed by atoms with E-state index in [1.54, 1.807) is 19.1 Å². The molecule has 0 aromatic heterocycles. The van der Waals surface area contributed by atoms with Crippen LogP contribution in [-0.2, 0) is 33.3 Å². The van der Waals surface area contributed by atoms with Crippen molar-refractivity contribution in [3.05, 3.63) is 63.6 Å². The number of piperidine rings is 1. The number of esters is 1. The van der Waals surface area contributed by atoms with Crippen LogP contribution in [0.2, 0.25) is 0 Å². The van der Waals surface area contributed by atoms with Crippen LogP contribution in [0, 0.1) is 5.92 Å². The van der Waals surface area contributed by atoms with Gasteiger partial charge in [0, 0.05) is 18.7 Å². The summed E-state index contributed by atoms with van der Waals surface area (Å²) in [7, 11) is 1.31. The molecule has 1 saturated heterocycles. The van der Waals surface area contributed by atoms with Crippen LogP contribution in [0.1, 0.15) is 42.0 Å². The second kappa shape index (κ2) is 12.7. The van der Waals surface area contributed by atoms with Crippen molar-refractivity contribution in [3.8, 4) is 11.5 Å². The summed E-state index contributed by atoms with van der Waals surface area (Å²) in [5.74, 6) is -0.659. The minimum absolute atomic E-state index is 0.0551. The maximum Gasteiger partial charge on any atom is 0.416 e. The first kappa shape index (κ1) is 31.3. The molecule has 4 rings (SSSR count). The molecule has 1 amide bonds. The molecule has 0 unspecified atom stereocenters. The predicted octanol–water partition coefficient (Wildman–Crippen LogP) is 6.56. The van der Waals surface area contributed by atoms with Gasteiger partial charge in [-0.3, -0.25) is 9.59 Å². The smallest absolute Gasteiger partial charge is 0.416 e. The van der Waals surface area contributed by atoms with E-state index in [0.29, 0.717) is 54.2 Å². The molecule has 7 nitrogen and oxygen atoms in total. The van der Waals surface area contributed by atoms with Gasteiger partial charge in [-0.2, -0.15) is 31.3 Å². The molecule has 2 heterocycles. The minimum Gasteiger partial charge on any atom is -0.493 e. The molecule has 0 saturated carbocycles. The lowest BCUT2D eigenvalue weighted by Gasteiger charge is -2.31. The molecule has 0 bridgehead atoms. The number of amides is 1. The molecule has 2 aliphatic rings. The second-order valence-electron chi connectivity index (χ2n) is 9.39. The Morgan fingerprint density at radius 3 is 2.38 bits per heavy atom. The summed E-state index contributed by atoms with van der Waals surface area (Å²) in [5.41, 5.74) is -2.82. The van der Waals surface area contributed by atoms with Gasteiger partial charge >= 0.3 is 18.3 Å². The molecule has 0 atom stereocenters. The molecule has 2 aromatic rings. The highest BCUT2D eigenvalue weighted by Gasteiger charge is 2.38. The van der Waals surface area contributed by atoms with Crippen molar-refractivity contribution in [1.82, 2.24) is 4.90 Å². The number of carbonyl (C=O) groups is 2. The van der Waals surface area contributed by atoms with Crippen LogP contribution in [0.4, 0.5) is 26.3 Å². The van der Waals surface area contributed by atoms with Gasteiger partial charge in [0.25, 0.3) is 5.91 Å². The van der Waals surface area contributed by atoms with Gasteiger partial charge in [-0.25, -0.2) is 0 Å². The Hall–Kier alpha value is -3.68. The van der Waals surface area contributed by atoms with E-state index >= 15 is 0 Å². The summed E-state index contributed by atoms with van der Waals surface area (Å²) in [5, 5.41) is 0.525. The summed E-state index contributed by atoms with van der Waals surface area (Å²) in [6.45, 7) is 2.50. The first-order valence-corrected chi connectivity index (χ1v) is 13.6. The van der Waals surface area contributed by atoms with E-state index in [-0.39, 0.29) is 29.5 Å². The predicted molar refractivity (Wildman–Crippen MR) is 143 cm³/mol. The van der Waals surface area contributed by atoms with Crippen molar-refractivity contribution in [2.45, 2.75) is 38.7 Å². The maximum atomic E-state index is 13.5. The number of likely N-dealkylation sites (tertiary alicyclic amines) is 1. The number of thioether (sulfide) groups is 1. The fraction of sp³-hybridized carbons (Fsp3) is 0.393. The lowest BCUT2D eigenvalue weighted by Crippen LogP contribution is -2.39. The average molecular weight is 617 g/mol. The Labute approximate surface area is 241 Å². The number of halogens is 6. The first-order valence-electron chi connectivity index (χ1n) is 12.8. The highest BCUT2D eigenvalue weighted by molar-refractivity contribution is 8.18. The molecular weight excluding hydrogens is 590 g/mol. The standard InChI is InChI=1S/C28H26F6N2O5S/c1-3-40-25(38)17-8-10-36(11-9-17)26-35-24(37)23(42-26)13-16-4-7-21(22(12-16)39-2)41-15-18-5-6-19(27(29,30)31)14-20(18)28(32,33)34/h4-7,12-14,17H,3,8-11,15H2,1-2H3. The van der Waals surface area contributed by atoms with E-state index in [4.69, 9.17) is 14.2 Å². The number of alkyl halides is 6. The zero-order chi connectivity index (χ0) is 30.7. The normalized spacial score (nSPS) is 17.4. The molecule has 14 heteroatoms. The SMILES string of the molecule is CCOC(=O)C1CCN(C2=NC(=O)C(=Cc3ccc(OCc4ccc(C(F)(F)F)cc4C(F)(F)F)c(OC)c3)S2)CC1. The third-order valence-corrected chi connectivity index (χ3v) is 7.65. The third-order valence-electron chi connectivity index (χ3n) is 6.61. The van der Waals surface area contributed by atoms with Crippen molar-refractivity contribution in [2.24, 2.45) is 10.9 Å². The number of rotatable bonds is 7. The second-order valence-corrected chi connectivity index (χ2v) is 10.4. The maximum absolute atomic E-state index is 13.5. The van der Waals surface area contributed by atoms with Gasteiger partial charge in [0.05, 0.1) is 35.7 Å². The van der Waals surface area contributed by atoms with Gasteiger partial charge in [0.15, 0.2) is 16.7 Å². The number of carbonyl (C=O) groups excluding carboxylic acids is 2. The molecule has 0 radical (unpaired) electrons. The molecule has 0 spiro atoms. The van der Waals surface area contributed by atoms with Crippen LogP contribution < -0.4 is 9.47 Å². The molecule has 226 valence electrons. The van der Waals surface area contributed by atoms with Crippen LogP contribution in [0.25, 0.3) is 6.08 Å². The van der Waals surface area contributed by atoms with Gasteiger partial charge in [-0.05, 0) is 67.4 Å². The number of hydrogen-bond donors (Lipinski definition) is 0. The number of amidine groups is 1. The molecule has 2 aliphatic heterocycles. The Kier molecular flexibility index (Phi) is 9.43. The first-order chi connectivity index (χ1) is 19.8. The van der Waals surface area contributed by atoms with Crippen LogP contribution >= 0.6 is 11.8 Å². The molecule has 0 N–H and O–H groups in total. The van der Waals surface area contributed by atoms with E-state index in [0.717, 1.165) is 6.07 Å². The Morgan fingerprint density at radius 2 is 1.76 bits per heavy atom. The number of hydrogen-bond acceptors (Lipinski definition) is 7. The molecule has 42 heavy (non-hydrogen) atoms. The summed E-state index contributed by atoms with van der Waals surface area (Å²) < 4.78 is 95.2. The number of methoxy groups -OCH3 is 1. The quantitative estimate of drug-likeness (QED) is 0.198. The summed E-state index contributed by atoms with van der Waals surface area (Å²) in [6.07, 6.45) is -7.21. The summed E-state index contributed by atoms with van der Waals surface area (Å²) >= 11 is 1.18. The van der Waals surface area contributed by atoms with Crippen molar-refractivity contribution in [1.29, 1.82) is 0 Å². The molecule has 2 aromatic carbocycles. The summed E-state index contributed by atoms with van der Waals surface area (Å²) in [6, 6.07) is 5.84. The zero-order valence-corrected chi connectivity index (χ0v) is 23.3. The van der Waals surface area contributed by atoms with E-state index < -0.39 is 41.6 Å². The number of benzene rings is 2. The van der Waals surface area contributed by atoms with Crippen molar-refractivity contribution in [3.63, 3.8) is 0 Å². The van der Waals surface area contributed by atoms with Crippen LogP contribution in [0.5, 0.6) is 11.5 Å². The molecular formula is C28H26F6N2O5S. The van der Waals surface area contributed by atoms with E-state index in [9.17, 15) is 35.9 Å². The van der Waals surface area contributed by atoms with Gasteiger partial charge in [0.2, 0.25) is 0 Å². The van der Waals surface area contributed by atoms with E-state index in [1.807, 2.05) is 4.90 Å². The fourth-order valence-electron chi connectivity index (χ4n) is 4.44. The zero-order valence-electron chi connectivity index (χ0n) is 22.5. The van der Waals surface area contributed by atoms with Gasteiger partial charge < -0.3 is 19.1 Å². The number of ether oxygens (including phenoxy) is 3. The number of aliphatic imine (C=N–C) groups is 1. The van der Waals surface area contributed by atoms with Crippen LogP contribution in [0.15, 0.2) is 46.3 Å². The van der Waals surface area contributed by atoms with Crippen molar-refractivity contribution in [2.75, 3.05) is 26.8 Å². The Morgan fingerprint density at radius 1 is 1.05 bits per heavy atom. The van der Waals surface area contributed by atoms with Crippen LogP contribution in [-0.4, -0.2) is 48.8 Å². The Balaban J connectivity index is 1.43. The van der Waals surface area contributed by atoms with E-state index in [2.05, 4.69) is 4.99 Å². The number of nitrogens with zero attached hydrogens (tertiary/aromatic N) is 2.